The van der Waals surface area contributed by atoms with Gasteiger partial charge in [-0.15, -0.1) is 0 Å². The van der Waals surface area contributed by atoms with Gasteiger partial charge in [0.2, 0.25) is 0 Å². The number of nitrogens with one attached hydrogen (secondary N) is 1. The molecule has 0 spiro atoms. The van der Waals surface area contributed by atoms with Gasteiger partial charge in [0.25, 0.3) is 11.6 Å². The summed E-state index contributed by atoms with van der Waals surface area (Å²) in [6, 6.07) is 12.0. The molecular formula is C22H23N3O5. The normalized spacial score (nSPS) is 18.5. The van der Waals surface area contributed by atoms with Crippen molar-refractivity contribution in [3.05, 3.63) is 63.7 Å². The number of benzene rings is 2. The fraction of sp³-hybridized carbons (Fsp3) is 0.364. The summed E-state index contributed by atoms with van der Waals surface area (Å²) in [5.74, 6) is -1.08. The Morgan fingerprint density at radius 2 is 1.97 bits per heavy atom. The summed E-state index contributed by atoms with van der Waals surface area (Å²) in [6.07, 6.45) is 1.66. The highest BCUT2D eigenvalue weighted by Crippen LogP contribution is 2.33. The van der Waals surface area contributed by atoms with Gasteiger partial charge in [-0.25, -0.2) is 4.79 Å². The molecule has 8 heteroatoms. The van der Waals surface area contributed by atoms with Crippen molar-refractivity contribution >= 4 is 28.9 Å². The van der Waals surface area contributed by atoms with Crippen molar-refractivity contribution in [1.29, 1.82) is 0 Å². The maximum atomic E-state index is 13.0. The molecule has 2 unspecified atom stereocenters. The molecule has 1 N–H and O–H groups in total. The molecule has 1 heterocycles. The average molecular weight is 409 g/mol. The number of nitro groups is 1. The molecule has 2 atom stereocenters. The van der Waals surface area contributed by atoms with E-state index in [1.807, 2.05) is 31.2 Å². The summed E-state index contributed by atoms with van der Waals surface area (Å²) in [6.45, 7) is 3.46. The Kier molecular flexibility index (Phi) is 5.15. The summed E-state index contributed by atoms with van der Waals surface area (Å²) in [4.78, 5) is 38.1. The predicted molar refractivity (Wildman–Crippen MR) is 112 cm³/mol. The van der Waals surface area contributed by atoms with E-state index in [9.17, 15) is 19.7 Å². The van der Waals surface area contributed by atoms with E-state index in [1.54, 1.807) is 4.90 Å². The van der Waals surface area contributed by atoms with Crippen molar-refractivity contribution < 1.29 is 19.2 Å². The molecule has 30 heavy (non-hydrogen) atoms. The lowest BCUT2D eigenvalue weighted by Crippen LogP contribution is -2.43. The number of ether oxygens (including phenoxy) is 1. The zero-order valence-corrected chi connectivity index (χ0v) is 16.8. The van der Waals surface area contributed by atoms with Crippen LogP contribution in [0.5, 0.6) is 0 Å². The Morgan fingerprint density at radius 3 is 2.67 bits per heavy atom. The number of carbonyl (C=O) groups excluding carboxylic acids is 2. The van der Waals surface area contributed by atoms with Crippen molar-refractivity contribution in [1.82, 2.24) is 0 Å². The standard InChI is InChI=1S/C22H23N3O5/c1-13-11-15-5-3-4-6-19(15)24(13)21(26)14(2)30-22(27)16-7-10-18(23-17-8-9-17)20(12-16)25(28)29/h3-7,10,12-14,17,23H,8-9,11H2,1-2H3. The molecule has 2 aromatic rings. The smallest absolute Gasteiger partial charge is 0.339 e. The Hall–Kier alpha value is -3.42. The van der Waals surface area contributed by atoms with Gasteiger partial charge in [0.05, 0.1) is 10.5 Å². The lowest BCUT2D eigenvalue weighted by molar-refractivity contribution is -0.384. The summed E-state index contributed by atoms with van der Waals surface area (Å²) in [7, 11) is 0. The lowest BCUT2D eigenvalue weighted by atomic mass is 10.1. The predicted octanol–water partition coefficient (Wildman–Crippen LogP) is 3.69. The van der Waals surface area contributed by atoms with Crippen LogP contribution >= 0.6 is 0 Å². The van der Waals surface area contributed by atoms with E-state index in [-0.39, 0.29) is 29.2 Å². The monoisotopic (exact) mass is 409 g/mol. The van der Waals surface area contributed by atoms with Crippen molar-refractivity contribution in [2.45, 2.75) is 51.3 Å². The van der Waals surface area contributed by atoms with Crippen LogP contribution in [0.15, 0.2) is 42.5 Å². The van der Waals surface area contributed by atoms with Gasteiger partial charge in [-0.2, -0.15) is 0 Å². The summed E-state index contributed by atoms with van der Waals surface area (Å²) in [5.41, 5.74) is 2.14. The molecule has 8 nitrogen and oxygen atoms in total. The van der Waals surface area contributed by atoms with Crippen LogP contribution in [0, 0.1) is 10.1 Å². The van der Waals surface area contributed by atoms with Crippen LogP contribution in [0.25, 0.3) is 0 Å². The molecule has 0 saturated heterocycles. The van der Waals surface area contributed by atoms with Gasteiger partial charge in [-0.1, -0.05) is 18.2 Å². The quantitative estimate of drug-likeness (QED) is 0.443. The van der Waals surface area contributed by atoms with E-state index in [2.05, 4.69) is 5.32 Å². The van der Waals surface area contributed by atoms with Crippen molar-refractivity contribution in [2.24, 2.45) is 0 Å². The maximum absolute atomic E-state index is 13.0. The van der Waals surface area contributed by atoms with E-state index in [4.69, 9.17) is 4.74 Å². The first-order valence-corrected chi connectivity index (χ1v) is 10.0. The zero-order chi connectivity index (χ0) is 21.4. The number of amides is 1. The number of para-hydroxylation sites is 1. The third kappa shape index (κ3) is 3.85. The minimum atomic E-state index is -1.02. The molecule has 2 aromatic carbocycles. The summed E-state index contributed by atoms with van der Waals surface area (Å²) in [5, 5.41) is 14.5. The van der Waals surface area contributed by atoms with E-state index < -0.39 is 17.0 Å². The fourth-order valence-corrected chi connectivity index (χ4v) is 3.76. The highest BCUT2D eigenvalue weighted by Gasteiger charge is 2.35. The number of carbonyl (C=O) groups is 2. The second-order valence-corrected chi connectivity index (χ2v) is 7.85. The van der Waals surface area contributed by atoms with Gasteiger partial charge in [-0.05, 0) is 56.9 Å². The molecule has 1 fully saturated rings. The van der Waals surface area contributed by atoms with Gasteiger partial charge in [0.15, 0.2) is 6.10 Å². The molecule has 0 bridgehead atoms. The molecule has 0 aromatic heterocycles. The highest BCUT2D eigenvalue weighted by atomic mass is 16.6. The van der Waals surface area contributed by atoms with E-state index in [0.717, 1.165) is 30.5 Å². The van der Waals surface area contributed by atoms with Crippen molar-refractivity contribution in [2.75, 3.05) is 10.2 Å². The molecule has 0 radical (unpaired) electrons. The molecule has 2 aliphatic rings. The van der Waals surface area contributed by atoms with Gasteiger partial charge in [-0.3, -0.25) is 14.9 Å². The Bertz CT molecular complexity index is 1020. The number of hydrogen-bond acceptors (Lipinski definition) is 6. The molecule has 1 amide bonds. The van der Waals surface area contributed by atoms with Crippen LogP contribution in [-0.2, 0) is 16.0 Å². The van der Waals surface area contributed by atoms with Gasteiger partial charge >= 0.3 is 5.97 Å². The molecule has 1 saturated carbocycles. The number of anilines is 2. The van der Waals surface area contributed by atoms with Crippen LogP contribution in [0.3, 0.4) is 0 Å². The van der Waals surface area contributed by atoms with Crippen LogP contribution in [0.4, 0.5) is 17.1 Å². The second kappa shape index (κ2) is 7.78. The molecule has 1 aliphatic heterocycles. The number of nitrogens with zero attached hydrogens (tertiary/aromatic N) is 2. The largest absolute Gasteiger partial charge is 0.449 e. The molecule has 156 valence electrons. The maximum Gasteiger partial charge on any atom is 0.339 e. The van der Waals surface area contributed by atoms with Gasteiger partial charge < -0.3 is 15.0 Å². The van der Waals surface area contributed by atoms with Crippen molar-refractivity contribution in [3.8, 4) is 0 Å². The molecule has 1 aliphatic carbocycles. The first kappa shape index (κ1) is 19.9. The minimum Gasteiger partial charge on any atom is -0.449 e. The summed E-state index contributed by atoms with van der Waals surface area (Å²) >= 11 is 0. The molecule has 4 rings (SSSR count). The van der Waals surface area contributed by atoms with Crippen LogP contribution in [0.2, 0.25) is 0 Å². The molecular weight excluding hydrogens is 386 g/mol. The Balaban J connectivity index is 1.49. The number of esters is 1. The first-order chi connectivity index (χ1) is 14.3. The van der Waals surface area contributed by atoms with Crippen LogP contribution in [-0.4, -0.2) is 35.0 Å². The van der Waals surface area contributed by atoms with E-state index in [1.165, 1.54) is 25.1 Å². The fourth-order valence-electron chi connectivity index (χ4n) is 3.76. The minimum absolute atomic E-state index is 0.0371. The van der Waals surface area contributed by atoms with E-state index >= 15 is 0 Å². The zero-order valence-electron chi connectivity index (χ0n) is 16.8. The number of fused-ring (bicyclic) bond motifs is 1. The third-order valence-electron chi connectivity index (χ3n) is 5.44. The van der Waals surface area contributed by atoms with Crippen molar-refractivity contribution in [3.63, 3.8) is 0 Å². The Labute approximate surface area is 174 Å². The van der Waals surface area contributed by atoms with Gasteiger partial charge in [0, 0.05) is 23.8 Å². The van der Waals surface area contributed by atoms with Gasteiger partial charge in [0.1, 0.15) is 5.69 Å². The third-order valence-corrected chi connectivity index (χ3v) is 5.44. The summed E-state index contributed by atoms with van der Waals surface area (Å²) < 4.78 is 5.37. The number of nitro benzene ring substituents is 1. The highest BCUT2D eigenvalue weighted by molar-refractivity contribution is 6.01. The van der Waals surface area contributed by atoms with Crippen LogP contribution < -0.4 is 10.2 Å². The topological polar surface area (TPSA) is 102 Å². The number of hydrogen-bond donors (Lipinski definition) is 1. The average Bonchev–Trinajstić information content (AvgIpc) is 3.46. The Morgan fingerprint density at radius 1 is 1.23 bits per heavy atom. The lowest BCUT2D eigenvalue weighted by Gasteiger charge is -2.26. The van der Waals surface area contributed by atoms with E-state index in [0.29, 0.717) is 5.69 Å². The van der Waals surface area contributed by atoms with Crippen LogP contribution in [0.1, 0.15) is 42.6 Å². The first-order valence-electron chi connectivity index (χ1n) is 10.0. The second-order valence-electron chi connectivity index (χ2n) is 7.85. The SMILES string of the molecule is CC(OC(=O)c1ccc(NC2CC2)c([N+](=O)[O-])c1)C(=O)N1c2ccccc2CC1C. The number of rotatable bonds is 6.